The Morgan fingerprint density at radius 1 is 1.14 bits per heavy atom. The van der Waals surface area contributed by atoms with Crippen LogP contribution in [0.3, 0.4) is 0 Å². The van der Waals surface area contributed by atoms with E-state index in [1.54, 1.807) is 23.7 Å². The molecule has 0 radical (unpaired) electrons. The number of hydroxylamine groups is 1. The predicted molar refractivity (Wildman–Crippen MR) is 81.1 cm³/mol. The van der Waals surface area contributed by atoms with E-state index < -0.39 is 5.91 Å². The maximum atomic E-state index is 11.4. The van der Waals surface area contributed by atoms with Crippen LogP contribution < -0.4 is 15.5 Å². The highest BCUT2D eigenvalue weighted by molar-refractivity contribution is 5.95. The topological polar surface area (TPSA) is 70.6 Å². The van der Waals surface area contributed by atoms with E-state index in [0.717, 1.165) is 17.2 Å². The molecule has 0 bridgehead atoms. The number of anilines is 1. The van der Waals surface area contributed by atoms with Crippen LogP contribution in [-0.2, 0) is 0 Å². The van der Waals surface area contributed by atoms with Gasteiger partial charge in [-0.15, -0.1) is 0 Å². The van der Waals surface area contributed by atoms with Crippen molar-refractivity contribution in [2.45, 2.75) is 25.0 Å². The van der Waals surface area contributed by atoms with Gasteiger partial charge in [0.25, 0.3) is 5.91 Å². The molecule has 22 heavy (non-hydrogen) atoms. The first kappa shape index (κ1) is 13.2. The lowest BCUT2D eigenvalue weighted by Crippen LogP contribution is -2.18. The summed E-state index contributed by atoms with van der Waals surface area (Å²) in [5, 5.41) is 11.9. The smallest absolute Gasteiger partial charge is 0.274 e. The number of rotatable bonds is 3. The average molecular weight is 296 g/mol. The monoisotopic (exact) mass is 296 g/mol. The van der Waals surface area contributed by atoms with Gasteiger partial charge < -0.3 is 10.1 Å². The Morgan fingerprint density at radius 2 is 1.86 bits per heavy atom. The molecule has 3 N–H and O–H groups in total. The molecule has 2 aliphatic rings. The number of carbonyl (C=O) groups excluding carboxylic acids is 1. The third kappa shape index (κ3) is 2.29. The first-order valence-corrected chi connectivity index (χ1v) is 7.36. The Kier molecular flexibility index (Phi) is 3.01. The molecule has 2 aromatic carbocycles. The SMILES string of the molecule is O=C(NO)c1ccc2c(c1)NC(c1ccc(C3CC3)cc1)O2. The zero-order valence-corrected chi connectivity index (χ0v) is 11.9. The number of benzene rings is 2. The van der Waals surface area contributed by atoms with Gasteiger partial charge in [0.1, 0.15) is 5.75 Å². The summed E-state index contributed by atoms with van der Waals surface area (Å²) >= 11 is 0. The summed E-state index contributed by atoms with van der Waals surface area (Å²) < 4.78 is 5.87. The molecule has 1 saturated carbocycles. The second-order valence-electron chi connectivity index (χ2n) is 5.74. The lowest BCUT2D eigenvalue weighted by molar-refractivity contribution is 0.0706. The van der Waals surface area contributed by atoms with Gasteiger partial charge in [-0.3, -0.25) is 10.0 Å². The first-order valence-electron chi connectivity index (χ1n) is 7.36. The van der Waals surface area contributed by atoms with Gasteiger partial charge in [0.2, 0.25) is 0 Å². The van der Waals surface area contributed by atoms with Crippen LogP contribution in [0.4, 0.5) is 5.69 Å². The first-order chi connectivity index (χ1) is 10.7. The number of ether oxygens (including phenoxy) is 1. The molecular formula is C17H16N2O3. The molecule has 0 spiro atoms. The van der Waals surface area contributed by atoms with Crippen molar-refractivity contribution < 1.29 is 14.7 Å². The second-order valence-corrected chi connectivity index (χ2v) is 5.74. The Bertz CT molecular complexity index is 723. The molecule has 1 aliphatic heterocycles. The fourth-order valence-corrected chi connectivity index (χ4v) is 2.76. The van der Waals surface area contributed by atoms with Gasteiger partial charge in [-0.05, 0) is 42.5 Å². The number of hydrogen-bond acceptors (Lipinski definition) is 4. The van der Waals surface area contributed by atoms with Crippen LogP contribution in [0.25, 0.3) is 0 Å². The predicted octanol–water partition coefficient (Wildman–Crippen LogP) is 3.19. The normalized spacial score (nSPS) is 19.0. The molecule has 0 aromatic heterocycles. The number of hydrogen-bond donors (Lipinski definition) is 3. The Labute approximate surface area is 127 Å². The highest BCUT2D eigenvalue weighted by Gasteiger charge is 2.26. The summed E-state index contributed by atoms with van der Waals surface area (Å²) in [6.45, 7) is 0. The van der Waals surface area contributed by atoms with Crippen LogP contribution in [0.2, 0.25) is 0 Å². The Hall–Kier alpha value is -2.53. The minimum Gasteiger partial charge on any atom is -0.464 e. The molecule has 0 saturated heterocycles. The van der Waals surface area contributed by atoms with Crippen molar-refractivity contribution in [1.82, 2.24) is 5.48 Å². The summed E-state index contributed by atoms with van der Waals surface area (Å²) in [6, 6.07) is 13.5. The average Bonchev–Trinajstić information content (AvgIpc) is 3.32. The molecule has 1 unspecified atom stereocenters. The molecular weight excluding hydrogens is 280 g/mol. The van der Waals surface area contributed by atoms with E-state index in [9.17, 15) is 4.79 Å². The van der Waals surface area contributed by atoms with Crippen molar-refractivity contribution in [1.29, 1.82) is 0 Å². The van der Waals surface area contributed by atoms with Gasteiger partial charge in [-0.1, -0.05) is 24.3 Å². The molecule has 4 rings (SSSR count). The summed E-state index contributed by atoms with van der Waals surface area (Å²) in [5.74, 6) is 0.899. The van der Waals surface area contributed by atoms with Gasteiger partial charge >= 0.3 is 0 Å². The minimum absolute atomic E-state index is 0.254. The van der Waals surface area contributed by atoms with Crippen LogP contribution in [-0.4, -0.2) is 11.1 Å². The minimum atomic E-state index is -0.540. The number of carbonyl (C=O) groups is 1. The van der Waals surface area contributed by atoms with Crippen LogP contribution >= 0.6 is 0 Å². The van der Waals surface area contributed by atoms with E-state index in [4.69, 9.17) is 9.94 Å². The number of nitrogens with one attached hydrogen (secondary N) is 2. The molecule has 5 heteroatoms. The molecule has 1 fully saturated rings. The highest BCUT2D eigenvalue weighted by Crippen LogP contribution is 2.41. The summed E-state index contributed by atoms with van der Waals surface area (Å²) in [7, 11) is 0. The molecule has 112 valence electrons. The Balaban J connectivity index is 1.54. The van der Waals surface area contributed by atoms with Crippen LogP contribution in [0.5, 0.6) is 5.75 Å². The van der Waals surface area contributed by atoms with Crippen LogP contribution in [0.15, 0.2) is 42.5 Å². The summed E-state index contributed by atoms with van der Waals surface area (Å²) in [6.07, 6.45) is 2.33. The van der Waals surface area contributed by atoms with Crippen LogP contribution in [0.1, 0.15) is 46.5 Å². The molecule has 1 atom stereocenters. The molecule has 5 nitrogen and oxygen atoms in total. The molecule has 2 aromatic rings. The van der Waals surface area contributed by atoms with Crippen LogP contribution in [0, 0.1) is 0 Å². The van der Waals surface area contributed by atoms with E-state index >= 15 is 0 Å². The Morgan fingerprint density at radius 3 is 2.55 bits per heavy atom. The van der Waals surface area contributed by atoms with E-state index in [1.807, 2.05) is 0 Å². The van der Waals surface area contributed by atoms with Gasteiger partial charge in [0, 0.05) is 11.1 Å². The third-order valence-corrected chi connectivity index (χ3v) is 4.16. The van der Waals surface area contributed by atoms with Crippen molar-refractivity contribution in [3.05, 3.63) is 59.2 Å². The summed E-state index contributed by atoms with van der Waals surface area (Å²) in [4.78, 5) is 11.4. The van der Waals surface area contributed by atoms with Crippen molar-refractivity contribution in [2.75, 3.05) is 5.32 Å². The fourth-order valence-electron chi connectivity index (χ4n) is 2.76. The maximum absolute atomic E-state index is 11.4. The quantitative estimate of drug-likeness (QED) is 0.601. The lowest BCUT2D eigenvalue weighted by Gasteiger charge is -2.12. The van der Waals surface area contributed by atoms with Crippen molar-refractivity contribution >= 4 is 11.6 Å². The van der Waals surface area contributed by atoms with Crippen molar-refractivity contribution in [3.8, 4) is 5.75 Å². The largest absolute Gasteiger partial charge is 0.464 e. The number of amides is 1. The second kappa shape index (κ2) is 5.03. The van der Waals surface area contributed by atoms with E-state index in [0.29, 0.717) is 11.3 Å². The van der Waals surface area contributed by atoms with Gasteiger partial charge in [-0.25, -0.2) is 5.48 Å². The summed E-state index contributed by atoms with van der Waals surface area (Å²) in [5.41, 5.74) is 5.19. The molecule has 1 amide bonds. The van der Waals surface area contributed by atoms with E-state index in [2.05, 4.69) is 29.6 Å². The van der Waals surface area contributed by atoms with Gasteiger partial charge in [0.15, 0.2) is 6.23 Å². The fraction of sp³-hybridized carbons (Fsp3) is 0.235. The lowest BCUT2D eigenvalue weighted by atomic mass is 10.1. The van der Waals surface area contributed by atoms with Gasteiger partial charge in [-0.2, -0.15) is 0 Å². The van der Waals surface area contributed by atoms with Crippen molar-refractivity contribution in [2.24, 2.45) is 0 Å². The number of fused-ring (bicyclic) bond motifs is 1. The van der Waals surface area contributed by atoms with E-state index in [-0.39, 0.29) is 6.23 Å². The zero-order chi connectivity index (χ0) is 15.1. The highest BCUT2D eigenvalue weighted by atomic mass is 16.5. The standard InChI is InChI=1S/C17H16N2O3/c20-16(19-21)13-7-8-15-14(9-13)18-17(22-15)12-5-3-11(4-6-12)10-1-2-10/h3-10,17-18,21H,1-2H2,(H,19,20). The maximum Gasteiger partial charge on any atom is 0.274 e. The van der Waals surface area contributed by atoms with Gasteiger partial charge in [0.05, 0.1) is 5.69 Å². The molecule has 1 aliphatic carbocycles. The zero-order valence-electron chi connectivity index (χ0n) is 11.9. The third-order valence-electron chi connectivity index (χ3n) is 4.16. The molecule has 1 heterocycles. The van der Waals surface area contributed by atoms with E-state index in [1.165, 1.54) is 18.4 Å². The van der Waals surface area contributed by atoms with Crippen molar-refractivity contribution in [3.63, 3.8) is 0 Å².